The van der Waals surface area contributed by atoms with E-state index in [1.54, 1.807) is 0 Å². The minimum atomic E-state index is -0.1000. The minimum absolute atomic E-state index is 0.0158. The molecule has 0 fully saturated rings. The van der Waals surface area contributed by atoms with Crippen LogP contribution in [-0.4, -0.2) is 36.6 Å². The van der Waals surface area contributed by atoms with E-state index in [1.807, 2.05) is 24.3 Å². The van der Waals surface area contributed by atoms with E-state index >= 15 is 0 Å². The smallest absolute Gasteiger partial charge is 0.119 e. The summed E-state index contributed by atoms with van der Waals surface area (Å²) in [6.45, 7) is 5.20. The molecule has 0 spiro atoms. The van der Waals surface area contributed by atoms with Crippen molar-refractivity contribution in [2.75, 3.05) is 26.4 Å². The number of ether oxygens (including phenoxy) is 2. The van der Waals surface area contributed by atoms with Crippen molar-refractivity contribution in [1.29, 1.82) is 0 Å². The van der Waals surface area contributed by atoms with Gasteiger partial charge in [0.2, 0.25) is 0 Å². The molecule has 160 valence electrons. The van der Waals surface area contributed by atoms with Gasteiger partial charge in [0.25, 0.3) is 0 Å². The molecule has 0 saturated carbocycles. The van der Waals surface area contributed by atoms with Gasteiger partial charge in [-0.05, 0) is 41.8 Å². The zero-order valence-electron chi connectivity index (χ0n) is 17.9. The molecule has 0 saturated heterocycles. The Morgan fingerprint density at radius 2 is 1.14 bits per heavy atom. The van der Waals surface area contributed by atoms with E-state index in [0.717, 1.165) is 17.9 Å². The van der Waals surface area contributed by atoms with Crippen LogP contribution in [0.5, 0.6) is 11.5 Å². The average molecular weight is 401 g/mol. The second-order valence-corrected chi connectivity index (χ2v) is 7.69. The van der Waals surface area contributed by atoms with Crippen molar-refractivity contribution in [2.45, 2.75) is 57.8 Å². The van der Waals surface area contributed by atoms with Gasteiger partial charge in [-0.3, -0.25) is 0 Å². The monoisotopic (exact) mass is 400 g/mol. The maximum atomic E-state index is 8.95. The zero-order valence-corrected chi connectivity index (χ0v) is 17.9. The van der Waals surface area contributed by atoms with Crippen molar-refractivity contribution in [3.8, 4) is 11.5 Å². The van der Waals surface area contributed by atoms with E-state index in [2.05, 4.69) is 38.1 Å². The lowest BCUT2D eigenvalue weighted by Crippen LogP contribution is -2.23. The molecule has 29 heavy (non-hydrogen) atoms. The molecule has 2 N–H and O–H groups in total. The summed E-state index contributed by atoms with van der Waals surface area (Å²) in [5.41, 5.74) is 2.42. The Labute approximate surface area is 175 Å². The summed E-state index contributed by atoms with van der Waals surface area (Å²) in [6, 6.07) is 16.5. The molecule has 2 rings (SSSR count). The topological polar surface area (TPSA) is 58.9 Å². The molecule has 0 atom stereocenters. The molecule has 0 aliphatic carbocycles. The summed E-state index contributed by atoms with van der Waals surface area (Å²) >= 11 is 0. The Morgan fingerprint density at radius 1 is 0.690 bits per heavy atom. The molecule has 0 aliphatic rings. The quantitative estimate of drug-likeness (QED) is 0.433. The number of benzene rings is 2. The van der Waals surface area contributed by atoms with Crippen LogP contribution < -0.4 is 9.47 Å². The van der Waals surface area contributed by atoms with Gasteiger partial charge >= 0.3 is 0 Å². The van der Waals surface area contributed by atoms with Gasteiger partial charge < -0.3 is 19.7 Å². The normalized spacial score (nSPS) is 11.4. The number of unbranched alkanes of at least 4 members (excludes halogenated alkanes) is 4. The highest BCUT2D eigenvalue weighted by atomic mass is 16.5. The van der Waals surface area contributed by atoms with Gasteiger partial charge in [-0.15, -0.1) is 0 Å². The summed E-state index contributed by atoms with van der Waals surface area (Å²) in [6.07, 6.45) is 7.34. The van der Waals surface area contributed by atoms with Crippen LogP contribution in [0.25, 0.3) is 0 Å². The van der Waals surface area contributed by atoms with Crippen LogP contribution in [0.15, 0.2) is 48.5 Å². The Hall–Kier alpha value is -2.04. The SMILES string of the molecule is CCCCCCCC(C)(c1ccc(OCCO)cc1)c1ccc(OCCO)cc1. The summed E-state index contributed by atoms with van der Waals surface area (Å²) in [5, 5.41) is 17.9. The second-order valence-electron chi connectivity index (χ2n) is 7.69. The largest absolute Gasteiger partial charge is 0.491 e. The molecule has 0 aromatic heterocycles. The molecule has 0 unspecified atom stereocenters. The molecule has 2 aromatic rings. The highest BCUT2D eigenvalue weighted by molar-refractivity contribution is 5.42. The average Bonchev–Trinajstić information content (AvgIpc) is 2.76. The van der Waals surface area contributed by atoms with Gasteiger partial charge in [0.1, 0.15) is 24.7 Å². The number of aliphatic hydroxyl groups is 2. The van der Waals surface area contributed by atoms with Crippen LogP contribution in [0.1, 0.15) is 63.5 Å². The fourth-order valence-corrected chi connectivity index (χ4v) is 3.70. The molecule has 4 nitrogen and oxygen atoms in total. The van der Waals surface area contributed by atoms with E-state index in [4.69, 9.17) is 19.7 Å². The van der Waals surface area contributed by atoms with Gasteiger partial charge in [0, 0.05) is 5.41 Å². The summed E-state index contributed by atoms with van der Waals surface area (Å²) in [7, 11) is 0. The Bertz CT molecular complexity index is 627. The van der Waals surface area contributed by atoms with Crippen LogP contribution in [0.3, 0.4) is 0 Å². The van der Waals surface area contributed by atoms with Crippen LogP contribution in [0.4, 0.5) is 0 Å². The van der Waals surface area contributed by atoms with Crippen LogP contribution >= 0.6 is 0 Å². The lowest BCUT2D eigenvalue weighted by Gasteiger charge is -2.31. The summed E-state index contributed by atoms with van der Waals surface area (Å²) in [5.74, 6) is 1.56. The third-order valence-corrected chi connectivity index (χ3v) is 5.48. The molecule has 0 aliphatic heterocycles. The van der Waals surface area contributed by atoms with Gasteiger partial charge in [-0.2, -0.15) is 0 Å². The zero-order chi connectivity index (χ0) is 21.0. The van der Waals surface area contributed by atoms with Gasteiger partial charge in [-0.25, -0.2) is 0 Å². The van der Waals surface area contributed by atoms with E-state index in [0.29, 0.717) is 13.2 Å². The van der Waals surface area contributed by atoms with Crippen LogP contribution in [0, 0.1) is 0 Å². The maximum absolute atomic E-state index is 8.95. The van der Waals surface area contributed by atoms with Crippen molar-refractivity contribution in [3.05, 3.63) is 59.7 Å². The Kier molecular flexibility index (Phi) is 10.0. The molecular formula is C25H36O4. The molecular weight excluding hydrogens is 364 g/mol. The number of hydrogen-bond acceptors (Lipinski definition) is 4. The molecule has 4 heteroatoms. The Morgan fingerprint density at radius 3 is 1.55 bits per heavy atom. The lowest BCUT2D eigenvalue weighted by molar-refractivity contribution is 0.201. The number of rotatable bonds is 14. The van der Waals surface area contributed by atoms with Crippen LogP contribution in [0.2, 0.25) is 0 Å². The first kappa shape index (κ1) is 23.2. The van der Waals surface area contributed by atoms with Crippen molar-refractivity contribution in [1.82, 2.24) is 0 Å². The fraction of sp³-hybridized carbons (Fsp3) is 0.520. The third-order valence-electron chi connectivity index (χ3n) is 5.48. The first-order valence-corrected chi connectivity index (χ1v) is 10.8. The van der Waals surface area contributed by atoms with Gasteiger partial charge in [0.15, 0.2) is 0 Å². The van der Waals surface area contributed by atoms with Gasteiger partial charge in [-0.1, -0.05) is 70.2 Å². The molecule has 2 aromatic carbocycles. The molecule has 0 heterocycles. The summed E-state index contributed by atoms with van der Waals surface area (Å²) < 4.78 is 11.0. The predicted molar refractivity (Wildman–Crippen MR) is 118 cm³/mol. The van der Waals surface area contributed by atoms with E-state index < -0.39 is 0 Å². The summed E-state index contributed by atoms with van der Waals surface area (Å²) in [4.78, 5) is 0. The first-order valence-electron chi connectivity index (χ1n) is 10.8. The highest BCUT2D eigenvalue weighted by Crippen LogP contribution is 2.38. The van der Waals surface area contributed by atoms with Crippen molar-refractivity contribution < 1.29 is 19.7 Å². The molecule has 0 amide bonds. The van der Waals surface area contributed by atoms with E-state index in [9.17, 15) is 0 Å². The maximum Gasteiger partial charge on any atom is 0.119 e. The third kappa shape index (κ3) is 7.06. The van der Waals surface area contributed by atoms with Crippen molar-refractivity contribution >= 4 is 0 Å². The molecule has 0 bridgehead atoms. The minimum Gasteiger partial charge on any atom is -0.491 e. The number of aliphatic hydroxyl groups excluding tert-OH is 2. The van der Waals surface area contributed by atoms with E-state index in [1.165, 1.54) is 43.2 Å². The predicted octanol–water partition coefficient (Wildman–Crippen LogP) is 5.10. The van der Waals surface area contributed by atoms with E-state index in [-0.39, 0.29) is 18.6 Å². The second kappa shape index (κ2) is 12.5. The van der Waals surface area contributed by atoms with Crippen molar-refractivity contribution in [2.24, 2.45) is 0 Å². The Balaban J connectivity index is 2.20. The van der Waals surface area contributed by atoms with Crippen LogP contribution in [-0.2, 0) is 5.41 Å². The number of hydrogen-bond donors (Lipinski definition) is 2. The standard InChI is InChI=1S/C25H36O4/c1-3-4-5-6-7-16-25(2,21-8-12-23(13-9-21)28-19-17-26)22-10-14-24(15-11-22)29-20-18-27/h8-15,26-27H,3-7,16-20H2,1-2H3. The lowest BCUT2D eigenvalue weighted by atomic mass is 9.72. The highest BCUT2D eigenvalue weighted by Gasteiger charge is 2.28. The fourth-order valence-electron chi connectivity index (χ4n) is 3.70. The van der Waals surface area contributed by atoms with Crippen molar-refractivity contribution in [3.63, 3.8) is 0 Å². The molecule has 0 radical (unpaired) electrons. The van der Waals surface area contributed by atoms with Gasteiger partial charge in [0.05, 0.1) is 13.2 Å². The first-order chi connectivity index (χ1) is 14.1.